The van der Waals surface area contributed by atoms with E-state index in [-0.39, 0.29) is 29.9 Å². The molecule has 0 aromatic heterocycles. The summed E-state index contributed by atoms with van der Waals surface area (Å²) in [5, 5.41) is 3.17. The number of nitrogens with one attached hydrogen (secondary N) is 1. The summed E-state index contributed by atoms with van der Waals surface area (Å²) in [6.07, 6.45) is 12.2. The zero-order valence-corrected chi connectivity index (χ0v) is 17.5. The van der Waals surface area contributed by atoms with Gasteiger partial charge in [0.05, 0.1) is 12.6 Å². The molecule has 1 N–H and O–H groups in total. The van der Waals surface area contributed by atoms with Gasteiger partial charge in [0.2, 0.25) is 5.91 Å². The molecule has 1 unspecified atom stereocenters. The lowest BCUT2D eigenvalue weighted by Gasteiger charge is -2.25. The van der Waals surface area contributed by atoms with Crippen LogP contribution in [0, 0.1) is 5.92 Å². The third kappa shape index (κ3) is 10.3. The molecule has 0 aromatic carbocycles. The van der Waals surface area contributed by atoms with E-state index in [4.69, 9.17) is 9.47 Å². The summed E-state index contributed by atoms with van der Waals surface area (Å²) in [4.78, 5) is 23.7. The predicted octanol–water partition coefficient (Wildman–Crippen LogP) is 4.32. The summed E-state index contributed by atoms with van der Waals surface area (Å²) in [6, 6.07) is -0.0825. The molecule has 0 bridgehead atoms. The summed E-state index contributed by atoms with van der Waals surface area (Å²) in [6.45, 7) is 9.02. The van der Waals surface area contributed by atoms with Gasteiger partial charge < -0.3 is 14.8 Å². The minimum Gasteiger partial charge on any atom is -0.458 e. The molecule has 1 aliphatic heterocycles. The number of carbonyl (C=O) groups is 2. The van der Waals surface area contributed by atoms with Crippen molar-refractivity contribution in [3.8, 4) is 0 Å². The van der Waals surface area contributed by atoms with Gasteiger partial charge in [-0.25, -0.2) is 0 Å². The van der Waals surface area contributed by atoms with Crippen molar-refractivity contribution in [3.05, 3.63) is 23.8 Å². The van der Waals surface area contributed by atoms with Gasteiger partial charge in [-0.3, -0.25) is 9.59 Å². The van der Waals surface area contributed by atoms with Crippen LogP contribution in [0.15, 0.2) is 23.8 Å². The SMILES string of the molecule is CCCCOC/C=C(\C)[C@H]1NC(=O)CCCCCC(OC(C)=O)/C=C/[C@@H]1C. The van der Waals surface area contributed by atoms with Crippen LogP contribution in [-0.2, 0) is 19.1 Å². The second-order valence-corrected chi connectivity index (χ2v) is 7.41. The van der Waals surface area contributed by atoms with Gasteiger partial charge in [-0.15, -0.1) is 0 Å². The fourth-order valence-corrected chi connectivity index (χ4v) is 3.18. The first kappa shape index (κ1) is 23.4. The molecular weight excluding hydrogens is 342 g/mol. The van der Waals surface area contributed by atoms with Crippen LogP contribution in [0.25, 0.3) is 0 Å². The molecule has 3 atom stereocenters. The smallest absolute Gasteiger partial charge is 0.303 e. The topological polar surface area (TPSA) is 64.6 Å². The normalized spacial score (nSPS) is 26.4. The first-order chi connectivity index (χ1) is 12.9. The molecule has 5 nitrogen and oxygen atoms in total. The van der Waals surface area contributed by atoms with Crippen molar-refractivity contribution < 1.29 is 19.1 Å². The van der Waals surface area contributed by atoms with E-state index in [1.54, 1.807) is 0 Å². The molecular formula is C22H37NO4. The Kier molecular flexibility index (Phi) is 11.7. The third-order valence-corrected chi connectivity index (χ3v) is 4.84. The molecule has 5 heteroatoms. The Bertz CT molecular complexity index is 512. The van der Waals surface area contributed by atoms with Crippen molar-refractivity contribution in [2.75, 3.05) is 13.2 Å². The van der Waals surface area contributed by atoms with Gasteiger partial charge >= 0.3 is 5.97 Å². The van der Waals surface area contributed by atoms with Gasteiger partial charge in [-0.2, -0.15) is 0 Å². The third-order valence-electron chi connectivity index (χ3n) is 4.84. The zero-order valence-electron chi connectivity index (χ0n) is 17.5. The fraction of sp³-hybridized carbons (Fsp3) is 0.727. The number of ether oxygens (including phenoxy) is 2. The van der Waals surface area contributed by atoms with Crippen LogP contribution in [0.3, 0.4) is 0 Å². The highest BCUT2D eigenvalue weighted by atomic mass is 16.5. The molecule has 1 amide bonds. The van der Waals surface area contributed by atoms with Crippen molar-refractivity contribution in [1.29, 1.82) is 0 Å². The van der Waals surface area contributed by atoms with Gasteiger partial charge in [0, 0.05) is 20.0 Å². The molecule has 0 saturated heterocycles. The molecule has 1 heterocycles. The molecule has 0 aliphatic carbocycles. The van der Waals surface area contributed by atoms with E-state index in [1.165, 1.54) is 6.92 Å². The number of rotatable bonds is 7. The average molecular weight is 380 g/mol. The molecule has 154 valence electrons. The Labute approximate surface area is 164 Å². The van der Waals surface area contributed by atoms with E-state index in [1.807, 2.05) is 13.0 Å². The minimum absolute atomic E-state index is 0.0825. The molecule has 1 aliphatic rings. The molecule has 27 heavy (non-hydrogen) atoms. The van der Waals surface area contributed by atoms with Crippen molar-refractivity contribution in [3.63, 3.8) is 0 Å². The Hall–Kier alpha value is -1.62. The molecule has 0 aromatic rings. The molecule has 0 saturated carbocycles. The lowest BCUT2D eigenvalue weighted by atomic mass is 9.93. The number of hydrogen-bond acceptors (Lipinski definition) is 4. The Morgan fingerprint density at radius 3 is 2.74 bits per heavy atom. The van der Waals surface area contributed by atoms with E-state index in [2.05, 4.69) is 31.3 Å². The number of unbranched alkanes of at least 4 members (excludes halogenated alkanes) is 1. The van der Waals surface area contributed by atoms with Crippen LogP contribution in [0.4, 0.5) is 0 Å². The van der Waals surface area contributed by atoms with Gasteiger partial charge in [-0.1, -0.05) is 44.4 Å². The predicted molar refractivity (Wildman–Crippen MR) is 108 cm³/mol. The summed E-state index contributed by atoms with van der Waals surface area (Å²) >= 11 is 0. The summed E-state index contributed by atoms with van der Waals surface area (Å²) in [5.41, 5.74) is 1.10. The quantitative estimate of drug-likeness (QED) is 0.406. The van der Waals surface area contributed by atoms with Crippen LogP contribution in [-0.4, -0.2) is 37.2 Å². The largest absolute Gasteiger partial charge is 0.458 e. The van der Waals surface area contributed by atoms with E-state index < -0.39 is 0 Å². The van der Waals surface area contributed by atoms with Crippen molar-refractivity contribution >= 4 is 11.9 Å². The van der Waals surface area contributed by atoms with Crippen LogP contribution in [0.5, 0.6) is 0 Å². The number of amides is 1. The van der Waals surface area contributed by atoms with Crippen LogP contribution < -0.4 is 5.32 Å². The van der Waals surface area contributed by atoms with E-state index in [9.17, 15) is 9.59 Å². The molecule has 0 fully saturated rings. The number of carbonyl (C=O) groups excluding carboxylic acids is 2. The van der Waals surface area contributed by atoms with Gasteiger partial charge in [0.15, 0.2) is 0 Å². The monoisotopic (exact) mass is 379 g/mol. The zero-order chi connectivity index (χ0) is 20.1. The lowest BCUT2D eigenvalue weighted by Crippen LogP contribution is -2.40. The maximum atomic E-state index is 12.3. The fourth-order valence-electron chi connectivity index (χ4n) is 3.18. The Morgan fingerprint density at radius 1 is 1.26 bits per heavy atom. The highest BCUT2D eigenvalue weighted by Crippen LogP contribution is 2.18. The minimum atomic E-state index is -0.255. The lowest BCUT2D eigenvalue weighted by molar-refractivity contribution is -0.144. The van der Waals surface area contributed by atoms with Crippen molar-refractivity contribution in [2.24, 2.45) is 5.92 Å². The Balaban J connectivity index is 2.84. The van der Waals surface area contributed by atoms with Crippen LogP contribution >= 0.6 is 0 Å². The molecule has 1 rings (SSSR count). The van der Waals surface area contributed by atoms with E-state index >= 15 is 0 Å². The van der Waals surface area contributed by atoms with Crippen LogP contribution in [0.1, 0.15) is 72.6 Å². The standard InChI is InChI=1S/C22H37NO4/c1-5-6-15-26-16-14-18(3)22-17(2)12-13-20(27-19(4)24)10-8-7-9-11-21(25)23-22/h12-14,17,20,22H,5-11,15-16H2,1-4H3,(H,23,25)/b13-12+,18-14+/t17-,20?,22-/m0/s1. The molecule has 0 radical (unpaired) electrons. The summed E-state index contributed by atoms with van der Waals surface area (Å²) < 4.78 is 11.0. The summed E-state index contributed by atoms with van der Waals surface area (Å²) in [5.74, 6) is -0.0649. The van der Waals surface area contributed by atoms with Crippen LogP contribution in [0.2, 0.25) is 0 Å². The number of hydrogen-bond donors (Lipinski definition) is 1. The highest BCUT2D eigenvalue weighted by Gasteiger charge is 2.20. The van der Waals surface area contributed by atoms with Gasteiger partial charge in [0.25, 0.3) is 0 Å². The van der Waals surface area contributed by atoms with E-state index in [0.29, 0.717) is 13.0 Å². The summed E-state index contributed by atoms with van der Waals surface area (Å²) in [7, 11) is 0. The number of esters is 1. The highest BCUT2D eigenvalue weighted by molar-refractivity contribution is 5.76. The molecule has 0 spiro atoms. The van der Waals surface area contributed by atoms with E-state index in [0.717, 1.165) is 50.7 Å². The second kappa shape index (κ2) is 13.5. The van der Waals surface area contributed by atoms with Gasteiger partial charge in [0.1, 0.15) is 6.10 Å². The average Bonchev–Trinajstić information content (AvgIpc) is 2.61. The maximum Gasteiger partial charge on any atom is 0.303 e. The van der Waals surface area contributed by atoms with Gasteiger partial charge in [-0.05, 0) is 44.6 Å². The van der Waals surface area contributed by atoms with Crippen molar-refractivity contribution in [1.82, 2.24) is 5.32 Å². The second-order valence-electron chi connectivity index (χ2n) is 7.41. The first-order valence-corrected chi connectivity index (χ1v) is 10.3. The Morgan fingerprint density at radius 2 is 2.04 bits per heavy atom. The first-order valence-electron chi connectivity index (χ1n) is 10.3. The van der Waals surface area contributed by atoms with Crippen molar-refractivity contribution in [2.45, 2.75) is 84.8 Å². The maximum absolute atomic E-state index is 12.3.